The van der Waals surface area contributed by atoms with E-state index in [0.29, 0.717) is 12.5 Å². The van der Waals surface area contributed by atoms with Gasteiger partial charge in [-0.3, -0.25) is 4.79 Å². The average Bonchev–Trinajstić information content (AvgIpc) is 2.90. The molecule has 3 rings (SSSR count). The number of amides is 1. The Balaban J connectivity index is 1.63. The molecule has 2 heterocycles. The molecule has 4 nitrogen and oxygen atoms in total. The highest BCUT2D eigenvalue weighted by atomic mass is 16.5. The van der Waals surface area contributed by atoms with Crippen molar-refractivity contribution < 1.29 is 9.53 Å². The van der Waals surface area contributed by atoms with Gasteiger partial charge in [0.15, 0.2) is 6.10 Å². The van der Waals surface area contributed by atoms with Crippen LogP contribution in [0.3, 0.4) is 0 Å². The van der Waals surface area contributed by atoms with Gasteiger partial charge >= 0.3 is 0 Å². The summed E-state index contributed by atoms with van der Waals surface area (Å²) in [5, 5.41) is 0. The first-order chi connectivity index (χ1) is 9.65. The highest BCUT2D eigenvalue weighted by molar-refractivity contribution is 5.82. The molecule has 2 aliphatic heterocycles. The fraction of sp³-hybridized carbons (Fsp3) is 0.562. The third-order valence-corrected chi connectivity index (χ3v) is 4.51. The smallest absolute Gasteiger partial charge is 0.263 e. The zero-order chi connectivity index (χ0) is 14.1. The predicted molar refractivity (Wildman–Crippen MR) is 77.9 cm³/mol. The minimum absolute atomic E-state index is 0.121. The van der Waals surface area contributed by atoms with Crippen LogP contribution in [0.2, 0.25) is 0 Å². The molecule has 0 bridgehead atoms. The van der Waals surface area contributed by atoms with Gasteiger partial charge in [-0.1, -0.05) is 18.2 Å². The van der Waals surface area contributed by atoms with Crippen molar-refractivity contribution in [3.63, 3.8) is 0 Å². The molecule has 4 heteroatoms. The summed E-state index contributed by atoms with van der Waals surface area (Å²) in [4.78, 5) is 16.8. The summed E-state index contributed by atoms with van der Waals surface area (Å²) in [5.74, 6) is 0.985. The molecule has 1 aromatic rings. The zero-order valence-corrected chi connectivity index (χ0v) is 12.2. The zero-order valence-electron chi connectivity index (χ0n) is 12.2. The van der Waals surface area contributed by atoms with Gasteiger partial charge in [-0.25, -0.2) is 0 Å². The minimum Gasteiger partial charge on any atom is -0.480 e. The van der Waals surface area contributed by atoms with Gasteiger partial charge in [-0.15, -0.1) is 0 Å². The molecular formula is C16H22N2O2. The van der Waals surface area contributed by atoms with Gasteiger partial charge in [0, 0.05) is 19.5 Å². The molecule has 20 heavy (non-hydrogen) atoms. The molecule has 2 aliphatic rings. The number of carbonyl (C=O) groups excluding carboxylic acids is 1. The Hall–Kier alpha value is -1.55. The van der Waals surface area contributed by atoms with Crippen LogP contribution in [-0.4, -0.2) is 55.0 Å². The van der Waals surface area contributed by atoms with E-state index < -0.39 is 0 Å². The average molecular weight is 274 g/mol. The number of likely N-dealkylation sites (N-methyl/N-ethyl adjacent to an activating group) is 1. The first-order valence-corrected chi connectivity index (χ1v) is 7.35. The van der Waals surface area contributed by atoms with E-state index in [1.165, 1.54) is 0 Å². The Morgan fingerprint density at radius 2 is 2.00 bits per heavy atom. The Morgan fingerprint density at radius 1 is 1.30 bits per heavy atom. The van der Waals surface area contributed by atoms with Gasteiger partial charge in [0.1, 0.15) is 5.75 Å². The lowest BCUT2D eigenvalue weighted by atomic mass is 10.0. The molecule has 1 aromatic carbocycles. The number of ether oxygens (including phenoxy) is 1. The monoisotopic (exact) mass is 274 g/mol. The fourth-order valence-electron chi connectivity index (χ4n) is 3.11. The molecule has 0 N–H and O–H groups in total. The molecule has 1 amide bonds. The summed E-state index contributed by atoms with van der Waals surface area (Å²) in [7, 11) is 4.05. The van der Waals surface area contributed by atoms with Crippen molar-refractivity contribution in [3.05, 3.63) is 29.8 Å². The summed E-state index contributed by atoms with van der Waals surface area (Å²) < 4.78 is 5.80. The second kappa shape index (κ2) is 5.44. The normalized spacial score (nSPS) is 23.2. The van der Waals surface area contributed by atoms with Gasteiger partial charge in [-0.2, -0.15) is 0 Å². The number of hydrogen-bond acceptors (Lipinski definition) is 3. The Morgan fingerprint density at radius 3 is 2.70 bits per heavy atom. The lowest BCUT2D eigenvalue weighted by Gasteiger charge is -2.36. The van der Waals surface area contributed by atoms with E-state index >= 15 is 0 Å². The van der Waals surface area contributed by atoms with Gasteiger partial charge in [-0.05, 0) is 44.6 Å². The van der Waals surface area contributed by atoms with E-state index in [9.17, 15) is 4.79 Å². The van der Waals surface area contributed by atoms with Gasteiger partial charge < -0.3 is 14.5 Å². The number of piperidine rings is 1. The largest absolute Gasteiger partial charge is 0.480 e. The number of benzene rings is 1. The maximum atomic E-state index is 12.6. The number of carbonyl (C=O) groups is 1. The molecule has 0 radical (unpaired) electrons. The van der Waals surface area contributed by atoms with Gasteiger partial charge in [0.05, 0.1) is 0 Å². The lowest BCUT2D eigenvalue weighted by molar-refractivity contribution is -0.139. The third-order valence-electron chi connectivity index (χ3n) is 4.51. The van der Waals surface area contributed by atoms with E-state index in [-0.39, 0.29) is 12.0 Å². The predicted octanol–water partition coefficient (Wildman–Crippen LogP) is 1.54. The van der Waals surface area contributed by atoms with Crippen LogP contribution < -0.4 is 4.74 Å². The first kappa shape index (κ1) is 13.4. The summed E-state index contributed by atoms with van der Waals surface area (Å²) in [6.45, 7) is 2.13. The van der Waals surface area contributed by atoms with Crippen molar-refractivity contribution in [2.24, 2.45) is 0 Å². The highest BCUT2D eigenvalue weighted by Crippen LogP contribution is 2.29. The fourth-order valence-corrected chi connectivity index (χ4v) is 3.11. The van der Waals surface area contributed by atoms with Gasteiger partial charge in [0.2, 0.25) is 0 Å². The number of rotatable bonds is 2. The van der Waals surface area contributed by atoms with Gasteiger partial charge in [0.25, 0.3) is 5.91 Å². The number of para-hydroxylation sites is 1. The Kier molecular flexibility index (Phi) is 3.66. The number of hydrogen-bond donors (Lipinski definition) is 0. The van der Waals surface area contributed by atoms with Crippen molar-refractivity contribution in [1.82, 2.24) is 9.80 Å². The molecule has 0 aromatic heterocycles. The molecule has 1 atom stereocenters. The third kappa shape index (κ3) is 2.52. The van der Waals surface area contributed by atoms with E-state index in [1.807, 2.05) is 36.2 Å². The van der Waals surface area contributed by atoms with Crippen molar-refractivity contribution >= 4 is 5.91 Å². The molecule has 1 unspecified atom stereocenters. The van der Waals surface area contributed by atoms with E-state index in [1.54, 1.807) is 0 Å². The molecule has 0 spiro atoms. The summed E-state index contributed by atoms with van der Waals surface area (Å²) >= 11 is 0. The summed E-state index contributed by atoms with van der Waals surface area (Å²) in [6.07, 6.45) is 2.47. The first-order valence-electron chi connectivity index (χ1n) is 7.35. The quantitative estimate of drug-likeness (QED) is 0.820. The second-order valence-electron chi connectivity index (χ2n) is 5.90. The summed E-state index contributed by atoms with van der Waals surface area (Å²) in [5.41, 5.74) is 1.14. The lowest BCUT2D eigenvalue weighted by Crippen LogP contribution is -2.48. The van der Waals surface area contributed by atoms with Crippen LogP contribution in [-0.2, 0) is 11.2 Å². The Labute approximate surface area is 120 Å². The standard InChI is InChI=1S/C16H22N2O2/c1-17-9-7-13(8-10-17)18(2)16(19)15-11-12-5-3-4-6-14(12)20-15/h3-6,13,15H,7-11H2,1-2H3. The summed E-state index contributed by atoms with van der Waals surface area (Å²) in [6, 6.07) is 8.28. The number of likely N-dealkylation sites (tertiary alicyclic amines) is 1. The maximum absolute atomic E-state index is 12.6. The van der Waals surface area contributed by atoms with Crippen LogP contribution in [0.1, 0.15) is 18.4 Å². The molecule has 1 fully saturated rings. The Bertz CT molecular complexity index is 470. The molecule has 0 saturated carbocycles. The van der Waals surface area contributed by atoms with E-state index in [2.05, 4.69) is 11.9 Å². The number of fused-ring (bicyclic) bond motifs is 1. The minimum atomic E-state index is -0.336. The maximum Gasteiger partial charge on any atom is 0.263 e. The van der Waals surface area contributed by atoms with E-state index in [4.69, 9.17) is 4.74 Å². The van der Waals surface area contributed by atoms with Crippen LogP contribution in [0.25, 0.3) is 0 Å². The van der Waals surface area contributed by atoms with Crippen LogP contribution in [0.4, 0.5) is 0 Å². The van der Waals surface area contributed by atoms with Crippen LogP contribution in [0.5, 0.6) is 5.75 Å². The van der Waals surface area contributed by atoms with Crippen molar-refractivity contribution in [1.29, 1.82) is 0 Å². The van der Waals surface area contributed by atoms with Crippen LogP contribution in [0.15, 0.2) is 24.3 Å². The van der Waals surface area contributed by atoms with Crippen LogP contribution >= 0.6 is 0 Å². The molecule has 0 aliphatic carbocycles. The second-order valence-corrected chi connectivity index (χ2v) is 5.90. The molecule has 108 valence electrons. The van der Waals surface area contributed by atoms with Crippen LogP contribution in [0, 0.1) is 0 Å². The molecule has 1 saturated heterocycles. The topological polar surface area (TPSA) is 32.8 Å². The van der Waals surface area contributed by atoms with Crippen molar-refractivity contribution in [2.45, 2.75) is 31.4 Å². The van der Waals surface area contributed by atoms with Crippen molar-refractivity contribution in [2.75, 3.05) is 27.2 Å². The van der Waals surface area contributed by atoms with E-state index in [0.717, 1.165) is 37.2 Å². The SMILES string of the molecule is CN1CCC(N(C)C(=O)C2Cc3ccccc3O2)CC1. The molecular weight excluding hydrogens is 252 g/mol. The highest BCUT2D eigenvalue weighted by Gasteiger charge is 2.34. The number of nitrogens with zero attached hydrogens (tertiary/aromatic N) is 2. The van der Waals surface area contributed by atoms with Crippen molar-refractivity contribution in [3.8, 4) is 5.75 Å².